The van der Waals surface area contributed by atoms with Gasteiger partial charge in [0, 0.05) is 30.2 Å². The molecule has 0 unspecified atom stereocenters. The number of aromatic nitrogens is 1. The van der Waals surface area contributed by atoms with Crippen LogP contribution >= 0.6 is 12.4 Å². The molecule has 1 amide bonds. The summed E-state index contributed by atoms with van der Waals surface area (Å²) in [5, 5.41) is 6.03. The Labute approximate surface area is 221 Å². The molecule has 11 heteroatoms. The number of benzene rings is 2. The minimum atomic E-state index is -0.210. The fourth-order valence-electron chi connectivity index (χ4n) is 3.96. The van der Waals surface area contributed by atoms with Crippen molar-refractivity contribution in [1.82, 2.24) is 9.88 Å². The van der Waals surface area contributed by atoms with Crippen molar-refractivity contribution in [2.45, 2.75) is 0 Å². The van der Waals surface area contributed by atoms with Gasteiger partial charge in [0.25, 0.3) is 5.91 Å². The third kappa shape index (κ3) is 6.15. The zero-order valence-corrected chi connectivity index (χ0v) is 22.0. The van der Waals surface area contributed by atoms with E-state index < -0.39 is 0 Å². The Kier molecular flexibility index (Phi) is 9.76. The lowest BCUT2D eigenvalue weighted by molar-refractivity contribution is -0.140. The van der Waals surface area contributed by atoms with Gasteiger partial charge >= 0.3 is 0 Å². The number of hydrogen-bond acceptors (Lipinski definition) is 9. The van der Waals surface area contributed by atoms with Gasteiger partial charge in [0.1, 0.15) is 11.4 Å². The standard InChI is InChI=1S/C26H29N3O7.ClH/c1-31-20-6-5-18(14-21(20)32-2)25(28-36-16-24(30)29-9-11-35-12-10-29)26-19-15-23(34-4)22(33-3)13-17(19)7-8-27-26;/h5-8,13-15H,9-12,16H2,1-4H3;1H/b28-25-;. The molecule has 4 rings (SSSR count). The number of pyridine rings is 1. The zero-order valence-electron chi connectivity index (χ0n) is 21.2. The summed E-state index contributed by atoms with van der Waals surface area (Å²) in [6, 6.07) is 11.0. The highest BCUT2D eigenvalue weighted by atomic mass is 35.5. The van der Waals surface area contributed by atoms with Crippen LogP contribution in [-0.2, 0) is 14.4 Å². The van der Waals surface area contributed by atoms with Crippen LogP contribution in [0.15, 0.2) is 47.8 Å². The van der Waals surface area contributed by atoms with Gasteiger partial charge in [-0.15, -0.1) is 12.4 Å². The maximum Gasteiger partial charge on any atom is 0.263 e. The highest BCUT2D eigenvalue weighted by Gasteiger charge is 2.20. The van der Waals surface area contributed by atoms with E-state index >= 15 is 0 Å². The first-order chi connectivity index (χ1) is 17.6. The zero-order chi connectivity index (χ0) is 25.5. The largest absolute Gasteiger partial charge is 0.493 e. The van der Waals surface area contributed by atoms with E-state index in [1.807, 2.05) is 24.3 Å². The van der Waals surface area contributed by atoms with Gasteiger partial charge in [0.05, 0.1) is 41.7 Å². The first-order valence-corrected chi connectivity index (χ1v) is 11.4. The fourth-order valence-corrected chi connectivity index (χ4v) is 3.96. The third-order valence-electron chi connectivity index (χ3n) is 5.86. The number of halogens is 1. The molecule has 10 nitrogen and oxygen atoms in total. The van der Waals surface area contributed by atoms with E-state index in [-0.39, 0.29) is 24.9 Å². The van der Waals surface area contributed by atoms with E-state index in [2.05, 4.69) is 10.1 Å². The van der Waals surface area contributed by atoms with E-state index in [1.165, 1.54) is 0 Å². The summed E-state index contributed by atoms with van der Waals surface area (Å²) >= 11 is 0. The molecular weight excluding hydrogens is 502 g/mol. The molecular formula is C26H30ClN3O7. The van der Waals surface area contributed by atoms with E-state index in [0.29, 0.717) is 66.3 Å². The summed E-state index contributed by atoms with van der Waals surface area (Å²) in [6.07, 6.45) is 1.68. The smallest absolute Gasteiger partial charge is 0.263 e. The van der Waals surface area contributed by atoms with Gasteiger partial charge in [-0.1, -0.05) is 5.16 Å². The summed E-state index contributed by atoms with van der Waals surface area (Å²) in [4.78, 5) is 24.5. The molecule has 0 aliphatic carbocycles. The number of hydrogen-bond donors (Lipinski definition) is 0. The van der Waals surface area contributed by atoms with Gasteiger partial charge in [0.15, 0.2) is 29.6 Å². The predicted molar refractivity (Wildman–Crippen MR) is 141 cm³/mol. The molecule has 1 aliphatic rings. The Balaban J connectivity index is 0.00000380. The van der Waals surface area contributed by atoms with Crippen LogP contribution in [0, 0.1) is 0 Å². The van der Waals surface area contributed by atoms with Crippen molar-refractivity contribution in [1.29, 1.82) is 0 Å². The number of morpholine rings is 1. The third-order valence-corrected chi connectivity index (χ3v) is 5.86. The van der Waals surface area contributed by atoms with E-state index in [4.69, 9.17) is 28.5 Å². The van der Waals surface area contributed by atoms with Crippen molar-refractivity contribution in [3.05, 3.63) is 53.9 Å². The van der Waals surface area contributed by atoms with Crippen molar-refractivity contribution in [3.63, 3.8) is 0 Å². The monoisotopic (exact) mass is 531 g/mol. The second-order valence-corrected chi connectivity index (χ2v) is 7.86. The van der Waals surface area contributed by atoms with E-state index in [0.717, 1.165) is 10.8 Å². The fraction of sp³-hybridized carbons (Fsp3) is 0.346. The summed E-state index contributed by atoms with van der Waals surface area (Å²) in [6.45, 7) is 1.87. The lowest BCUT2D eigenvalue weighted by atomic mass is 10.0. The number of carbonyl (C=O) groups is 1. The molecule has 1 aromatic heterocycles. The summed E-state index contributed by atoms with van der Waals surface area (Å²) in [5.74, 6) is 2.08. The van der Waals surface area contributed by atoms with Crippen molar-refractivity contribution < 1.29 is 33.3 Å². The van der Waals surface area contributed by atoms with Gasteiger partial charge in [-0.3, -0.25) is 9.78 Å². The highest BCUT2D eigenvalue weighted by molar-refractivity contribution is 6.18. The van der Waals surface area contributed by atoms with Crippen LogP contribution in [-0.4, -0.2) is 82.9 Å². The first-order valence-electron chi connectivity index (χ1n) is 11.4. The van der Waals surface area contributed by atoms with Crippen LogP contribution in [0.3, 0.4) is 0 Å². The number of ether oxygens (including phenoxy) is 5. The Bertz CT molecular complexity index is 1260. The Morgan fingerprint density at radius 1 is 0.919 bits per heavy atom. The van der Waals surface area contributed by atoms with Crippen molar-refractivity contribution in [2.24, 2.45) is 5.16 Å². The van der Waals surface area contributed by atoms with Crippen LogP contribution < -0.4 is 18.9 Å². The van der Waals surface area contributed by atoms with Crippen LogP contribution in [0.25, 0.3) is 10.8 Å². The molecule has 0 spiro atoms. The van der Waals surface area contributed by atoms with Gasteiger partial charge in [-0.05, 0) is 41.8 Å². The van der Waals surface area contributed by atoms with Crippen molar-refractivity contribution in [2.75, 3.05) is 61.3 Å². The Morgan fingerprint density at radius 3 is 2.24 bits per heavy atom. The minimum Gasteiger partial charge on any atom is -0.493 e. The topological polar surface area (TPSA) is 101 Å². The molecule has 37 heavy (non-hydrogen) atoms. The average molecular weight is 532 g/mol. The molecule has 1 aliphatic heterocycles. The van der Waals surface area contributed by atoms with E-state index in [9.17, 15) is 4.79 Å². The molecule has 2 aromatic carbocycles. The second kappa shape index (κ2) is 13.0. The number of carbonyl (C=O) groups excluding carboxylic acids is 1. The van der Waals surface area contributed by atoms with Gasteiger partial charge < -0.3 is 33.4 Å². The summed E-state index contributed by atoms with van der Waals surface area (Å²) < 4.78 is 27.1. The van der Waals surface area contributed by atoms with Crippen molar-refractivity contribution >= 4 is 34.8 Å². The Hall–Kier alpha value is -3.76. The molecule has 0 radical (unpaired) electrons. The number of methoxy groups -OCH3 is 4. The normalized spacial score (nSPS) is 13.5. The quantitative estimate of drug-likeness (QED) is 0.306. The van der Waals surface area contributed by atoms with Crippen molar-refractivity contribution in [3.8, 4) is 23.0 Å². The van der Waals surface area contributed by atoms with Crippen LogP contribution in [0.5, 0.6) is 23.0 Å². The number of nitrogens with zero attached hydrogens (tertiary/aromatic N) is 3. The maximum atomic E-state index is 12.6. The molecule has 0 bridgehead atoms. The SMILES string of the molecule is COc1ccc(/C(=N/OCC(=O)N2CCOCC2)c2nccc3cc(OC)c(OC)cc23)cc1OC.Cl. The molecule has 2 heterocycles. The lowest BCUT2D eigenvalue weighted by Gasteiger charge is -2.26. The Morgan fingerprint density at radius 2 is 1.57 bits per heavy atom. The molecule has 1 fully saturated rings. The number of amides is 1. The second-order valence-electron chi connectivity index (χ2n) is 7.86. The summed E-state index contributed by atoms with van der Waals surface area (Å²) in [5.41, 5.74) is 1.63. The number of rotatable bonds is 9. The minimum absolute atomic E-state index is 0. The molecule has 198 valence electrons. The molecule has 0 N–H and O–H groups in total. The molecule has 3 aromatic rings. The average Bonchev–Trinajstić information content (AvgIpc) is 2.94. The maximum absolute atomic E-state index is 12.6. The highest BCUT2D eigenvalue weighted by Crippen LogP contribution is 2.35. The molecule has 0 atom stereocenters. The molecule has 0 saturated carbocycles. The van der Waals surface area contributed by atoms with E-state index in [1.54, 1.807) is 51.7 Å². The van der Waals surface area contributed by atoms with Gasteiger partial charge in [-0.2, -0.15) is 0 Å². The van der Waals surface area contributed by atoms with Crippen LogP contribution in [0.1, 0.15) is 11.3 Å². The number of fused-ring (bicyclic) bond motifs is 1. The summed E-state index contributed by atoms with van der Waals surface area (Å²) in [7, 11) is 6.28. The van der Waals surface area contributed by atoms with Crippen LogP contribution in [0.2, 0.25) is 0 Å². The predicted octanol–water partition coefficient (Wildman–Crippen LogP) is 3.32. The number of oxime groups is 1. The van der Waals surface area contributed by atoms with Gasteiger partial charge in [0.2, 0.25) is 0 Å². The molecule has 1 saturated heterocycles. The first kappa shape index (κ1) is 27.8. The van der Waals surface area contributed by atoms with Gasteiger partial charge in [-0.25, -0.2) is 0 Å². The van der Waals surface area contributed by atoms with Crippen LogP contribution in [0.4, 0.5) is 0 Å². The lowest BCUT2D eigenvalue weighted by Crippen LogP contribution is -2.42.